The van der Waals surface area contributed by atoms with Crippen molar-refractivity contribution in [2.45, 2.75) is 6.10 Å². The number of benzene rings is 1. The summed E-state index contributed by atoms with van der Waals surface area (Å²) in [6, 6.07) is 4.70. The lowest BCUT2D eigenvalue weighted by atomic mass is 10.1. The molecule has 1 aliphatic heterocycles. The molecule has 4 nitrogen and oxygen atoms in total. The molecule has 2 heterocycles. The molecule has 1 atom stereocenters. The molecule has 0 spiro atoms. The molecule has 1 aliphatic rings. The van der Waals surface area contributed by atoms with Crippen LogP contribution in [0, 0.1) is 5.82 Å². The van der Waals surface area contributed by atoms with E-state index in [4.69, 9.17) is 9.47 Å². The first-order valence-corrected chi connectivity index (χ1v) is 6.89. The summed E-state index contributed by atoms with van der Waals surface area (Å²) >= 11 is 1.39. The molecule has 0 radical (unpaired) electrons. The first kappa shape index (κ1) is 12.5. The number of rotatable bonds is 3. The summed E-state index contributed by atoms with van der Waals surface area (Å²) in [7, 11) is 0. The van der Waals surface area contributed by atoms with Gasteiger partial charge in [0.1, 0.15) is 11.6 Å². The second-order valence-corrected chi connectivity index (χ2v) is 5.02. The molecule has 100 valence electrons. The number of hydrogen-bond donors (Lipinski definition) is 1. The van der Waals surface area contributed by atoms with Crippen molar-refractivity contribution in [1.82, 2.24) is 10.3 Å². The molecule has 1 N–H and O–H groups in total. The summed E-state index contributed by atoms with van der Waals surface area (Å²) in [6.45, 7) is 2.00. The van der Waals surface area contributed by atoms with E-state index < -0.39 is 0 Å². The van der Waals surface area contributed by atoms with Gasteiger partial charge in [-0.3, -0.25) is 0 Å². The van der Waals surface area contributed by atoms with Gasteiger partial charge in [-0.05, 0) is 18.2 Å². The van der Waals surface area contributed by atoms with Gasteiger partial charge in [-0.2, -0.15) is 0 Å². The smallest absolute Gasteiger partial charge is 0.200 e. The third-order valence-electron chi connectivity index (χ3n) is 2.87. The number of thiazole rings is 1. The quantitative estimate of drug-likeness (QED) is 0.939. The molecular formula is C13H13FN2O2S. The maximum Gasteiger partial charge on any atom is 0.200 e. The van der Waals surface area contributed by atoms with Crippen molar-refractivity contribution in [3.05, 3.63) is 41.3 Å². The molecule has 1 aromatic heterocycles. The highest BCUT2D eigenvalue weighted by Crippen LogP contribution is 2.30. The average molecular weight is 280 g/mol. The van der Waals surface area contributed by atoms with E-state index in [2.05, 4.69) is 10.3 Å². The van der Waals surface area contributed by atoms with Crippen LogP contribution in [0.25, 0.3) is 0 Å². The molecule has 1 unspecified atom stereocenters. The van der Waals surface area contributed by atoms with Crippen molar-refractivity contribution >= 4 is 11.3 Å². The second kappa shape index (κ2) is 5.64. The standard InChI is InChI=1S/C13H13FN2O2S/c14-11-2-1-9(18-13-7-16-8-19-13)5-10(11)12-6-15-3-4-17-12/h1-2,5,7-8,12,15H,3-4,6H2. The number of nitrogens with zero attached hydrogens (tertiary/aromatic N) is 1. The average Bonchev–Trinajstić information content (AvgIpc) is 2.95. The third kappa shape index (κ3) is 2.91. The zero-order valence-electron chi connectivity index (χ0n) is 10.1. The van der Waals surface area contributed by atoms with Crippen molar-refractivity contribution in [1.29, 1.82) is 0 Å². The highest BCUT2D eigenvalue weighted by molar-refractivity contribution is 7.11. The molecule has 19 heavy (non-hydrogen) atoms. The number of hydrogen-bond acceptors (Lipinski definition) is 5. The van der Waals surface area contributed by atoms with Crippen LogP contribution < -0.4 is 10.1 Å². The molecule has 1 aromatic carbocycles. The van der Waals surface area contributed by atoms with E-state index in [1.807, 2.05) is 0 Å². The summed E-state index contributed by atoms with van der Waals surface area (Å²) < 4.78 is 25.0. The lowest BCUT2D eigenvalue weighted by Gasteiger charge is -2.24. The predicted octanol–water partition coefficient (Wildman–Crippen LogP) is 2.74. The van der Waals surface area contributed by atoms with Crippen LogP contribution in [-0.4, -0.2) is 24.7 Å². The van der Waals surface area contributed by atoms with E-state index in [0.717, 1.165) is 6.54 Å². The summed E-state index contributed by atoms with van der Waals surface area (Å²) in [5, 5.41) is 3.87. The zero-order valence-corrected chi connectivity index (χ0v) is 11.0. The summed E-state index contributed by atoms with van der Waals surface area (Å²) in [5.41, 5.74) is 2.21. The third-order valence-corrected chi connectivity index (χ3v) is 3.52. The van der Waals surface area contributed by atoms with Gasteiger partial charge in [0.15, 0.2) is 0 Å². The molecule has 1 saturated heterocycles. The fraction of sp³-hybridized carbons (Fsp3) is 0.308. The van der Waals surface area contributed by atoms with Crippen molar-refractivity contribution in [2.75, 3.05) is 19.7 Å². The number of morpholine rings is 1. The minimum Gasteiger partial charge on any atom is -0.445 e. The van der Waals surface area contributed by atoms with Crippen LogP contribution in [0.2, 0.25) is 0 Å². The molecular weight excluding hydrogens is 267 g/mol. The van der Waals surface area contributed by atoms with E-state index in [1.165, 1.54) is 17.4 Å². The number of aromatic nitrogens is 1. The van der Waals surface area contributed by atoms with Crippen molar-refractivity contribution < 1.29 is 13.9 Å². The van der Waals surface area contributed by atoms with Gasteiger partial charge in [-0.15, -0.1) is 0 Å². The maximum atomic E-state index is 13.9. The van der Waals surface area contributed by atoms with Gasteiger partial charge < -0.3 is 14.8 Å². The van der Waals surface area contributed by atoms with Crippen LogP contribution in [0.5, 0.6) is 10.8 Å². The molecule has 6 heteroatoms. The SMILES string of the molecule is Fc1ccc(Oc2cncs2)cc1C1CNCCO1. The van der Waals surface area contributed by atoms with Crippen LogP contribution in [-0.2, 0) is 4.74 Å². The first-order chi connectivity index (χ1) is 9.33. The Morgan fingerprint density at radius 3 is 3.16 bits per heavy atom. The van der Waals surface area contributed by atoms with Crippen molar-refractivity contribution in [2.24, 2.45) is 0 Å². The largest absolute Gasteiger partial charge is 0.445 e. The maximum absolute atomic E-state index is 13.9. The van der Waals surface area contributed by atoms with Gasteiger partial charge in [0.05, 0.1) is 24.4 Å². The Balaban J connectivity index is 1.83. The van der Waals surface area contributed by atoms with Gasteiger partial charge in [0.25, 0.3) is 0 Å². The van der Waals surface area contributed by atoms with Crippen molar-refractivity contribution in [3.8, 4) is 10.8 Å². The van der Waals surface area contributed by atoms with E-state index in [-0.39, 0.29) is 11.9 Å². The van der Waals surface area contributed by atoms with Gasteiger partial charge in [0.2, 0.25) is 5.06 Å². The number of nitrogens with one attached hydrogen (secondary N) is 1. The Kier molecular flexibility index (Phi) is 3.72. The van der Waals surface area contributed by atoms with Crippen LogP contribution in [0.15, 0.2) is 29.9 Å². The highest BCUT2D eigenvalue weighted by Gasteiger charge is 2.20. The van der Waals surface area contributed by atoms with E-state index >= 15 is 0 Å². The van der Waals surface area contributed by atoms with Crippen LogP contribution in [0.4, 0.5) is 4.39 Å². The fourth-order valence-corrected chi connectivity index (χ4v) is 2.46. The van der Waals surface area contributed by atoms with Crippen LogP contribution in [0.1, 0.15) is 11.7 Å². The van der Waals surface area contributed by atoms with E-state index in [9.17, 15) is 4.39 Å². The van der Waals surface area contributed by atoms with Crippen LogP contribution in [0.3, 0.4) is 0 Å². The molecule has 0 bridgehead atoms. The second-order valence-electron chi connectivity index (χ2n) is 4.17. The summed E-state index contributed by atoms with van der Waals surface area (Å²) in [6.07, 6.45) is 1.37. The number of halogens is 1. The van der Waals surface area contributed by atoms with Crippen molar-refractivity contribution in [3.63, 3.8) is 0 Å². The Morgan fingerprint density at radius 2 is 2.42 bits per heavy atom. The Hall–Kier alpha value is -1.50. The molecule has 3 rings (SSSR count). The van der Waals surface area contributed by atoms with Crippen LogP contribution >= 0.6 is 11.3 Å². The van der Waals surface area contributed by atoms with Gasteiger partial charge in [-0.25, -0.2) is 9.37 Å². The molecule has 2 aromatic rings. The highest BCUT2D eigenvalue weighted by atomic mass is 32.1. The minimum atomic E-state index is -0.273. The summed E-state index contributed by atoms with van der Waals surface area (Å²) in [5.74, 6) is 0.320. The lowest BCUT2D eigenvalue weighted by molar-refractivity contribution is 0.0254. The molecule has 1 fully saturated rings. The Bertz CT molecular complexity index is 542. The normalized spacial score (nSPS) is 19.3. The fourth-order valence-electron chi connectivity index (χ4n) is 1.97. The Morgan fingerprint density at radius 1 is 1.47 bits per heavy atom. The topological polar surface area (TPSA) is 43.4 Å². The molecule has 0 aliphatic carbocycles. The van der Waals surface area contributed by atoms with Gasteiger partial charge >= 0.3 is 0 Å². The predicted molar refractivity (Wildman–Crippen MR) is 70.2 cm³/mol. The minimum absolute atomic E-state index is 0.265. The first-order valence-electron chi connectivity index (χ1n) is 6.01. The monoisotopic (exact) mass is 280 g/mol. The van der Waals surface area contributed by atoms with Gasteiger partial charge in [0, 0.05) is 18.7 Å². The zero-order chi connectivity index (χ0) is 13.1. The van der Waals surface area contributed by atoms with Gasteiger partial charge in [-0.1, -0.05) is 11.3 Å². The summed E-state index contributed by atoms with van der Waals surface area (Å²) in [4.78, 5) is 3.93. The number of ether oxygens (including phenoxy) is 2. The molecule has 0 amide bonds. The van der Waals surface area contributed by atoms with E-state index in [0.29, 0.717) is 29.5 Å². The molecule has 0 saturated carbocycles. The lowest BCUT2D eigenvalue weighted by Crippen LogP contribution is -2.33. The Labute approximate surface area is 114 Å². The van der Waals surface area contributed by atoms with E-state index in [1.54, 1.807) is 23.8 Å².